The molecule has 6 heteroatoms. The van der Waals surface area contributed by atoms with Crippen LogP contribution in [-0.2, 0) is 22.6 Å². The van der Waals surface area contributed by atoms with Crippen LogP contribution in [-0.4, -0.2) is 40.6 Å². The van der Waals surface area contributed by atoms with Gasteiger partial charge in [0.15, 0.2) is 0 Å². The number of carbonyl (C=O) groups excluding carboxylic acids is 2. The molecule has 0 spiro atoms. The van der Waals surface area contributed by atoms with Crippen LogP contribution in [0.15, 0.2) is 84.9 Å². The number of hydrogen-bond acceptors (Lipinski definition) is 5. The first-order chi connectivity index (χ1) is 17.5. The third kappa shape index (κ3) is 6.52. The summed E-state index contributed by atoms with van der Waals surface area (Å²) in [7, 11) is 0. The number of nitrogens with zero attached hydrogens (tertiary/aromatic N) is 1. The fourth-order valence-corrected chi connectivity index (χ4v) is 5.07. The Labute approximate surface area is 212 Å². The molecule has 1 amide bonds. The Kier molecular flexibility index (Phi) is 8.74. The van der Waals surface area contributed by atoms with Crippen LogP contribution in [0.4, 0.5) is 0 Å². The first-order valence-electron chi connectivity index (χ1n) is 12.6. The molecule has 3 aromatic rings. The molecule has 6 nitrogen and oxygen atoms in total. The summed E-state index contributed by atoms with van der Waals surface area (Å²) in [5.74, 6) is -0.861. The lowest BCUT2D eigenvalue weighted by molar-refractivity contribution is -0.151. The molecule has 0 bridgehead atoms. The van der Waals surface area contributed by atoms with Gasteiger partial charge in [-0.05, 0) is 55.2 Å². The monoisotopic (exact) mass is 486 g/mol. The maximum atomic E-state index is 13.3. The number of ether oxygens (including phenoxy) is 1. The maximum absolute atomic E-state index is 13.3. The molecule has 0 aliphatic heterocycles. The van der Waals surface area contributed by atoms with E-state index in [1.165, 1.54) is 23.3 Å². The lowest BCUT2D eigenvalue weighted by atomic mass is 9.79. The molecule has 1 saturated carbocycles. The Balaban J connectivity index is 1.66. The summed E-state index contributed by atoms with van der Waals surface area (Å²) in [6, 6.07) is 26.2. The Hall–Kier alpha value is -3.64. The Morgan fingerprint density at radius 2 is 1.47 bits per heavy atom. The average Bonchev–Trinajstić information content (AvgIpc) is 2.90. The summed E-state index contributed by atoms with van der Waals surface area (Å²) in [4.78, 5) is 28.7. The topological polar surface area (TPSA) is 78.9 Å². The standard InChI is InChI=1S/C30H34N2O4/c1-2-36-30(35)26-14-9-15-27(28(26)31-29(34)24-16-18-25(33)19-17-24)32(20-22-10-5-3-6-11-22)21-23-12-7-4-8-13-23/h3-8,10-13,16-19,26-28,33H,2,9,14-15,20-21H2,1H3,(H,31,34). The molecule has 0 radical (unpaired) electrons. The van der Waals surface area contributed by atoms with Crippen molar-refractivity contribution in [2.45, 2.75) is 51.4 Å². The highest BCUT2D eigenvalue weighted by atomic mass is 16.5. The molecule has 3 aromatic carbocycles. The minimum Gasteiger partial charge on any atom is -0.508 e. The zero-order valence-corrected chi connectivity index (χ0v) is 20.7. The number of rotatable bonds is 9. The van der Waals surface area contributed by atoms with Crippen molar-refractivity contribution in [1.82, 2.24) is 10.2 Å². The van der Waals surface area contributed by atoms with Gasteiger partial charge in [0.25, 0.3) is 5.91 Å². The van der Waals surface area contributed by atoms with Crippen molar-refractivity contribution in [3.63, 3.8) is 0 Å². The van der Waals surface area contributed by atoms with Crippen LogP contribution in [0.3, 0.4) is 0 Å². The van der Waals surface area contributed by atoms with E-state index in [2.05, 4.69) is 34.5 Å². The van der Waals surface area contributed by atoms with E-state index >= 15 is 0 Å². The molecular weight excluding hydrogens is 452 g/mol. The quantitative estimate of drug-likeness (QED) is 0.420. The van der Waals surface area contributed by atoms with Crippen LogP contribution in [0.2, 0.25) is 0 Å². The van der Waals surface area contributed by atoms with Crippen molar-refractivity contribution in [2.24, 2.45) is 5.92 Å². The predicted molar refractivity (Wildman–Crippen MR) is 139 cm³/mol. The molecule has 3 unspecified atom stereocenters. The van der Waals surface area contributed by atoms with Gasteiger partial charge in [-0.3, -0.25) is 14.5 Å². The van der Waals surface area contributed by atoms with E-state index in [-0.39, 0.29) is 23.7 Å². The second kappa shape index (κ2) is 12.4. The van der Waals surface area contributed by atoms with Crippen LogP contribution >= 0.6 is 0 Å². The lowest BCUT2D eigenvalue weighted by Gasteiger charge is -2.43. The third-order valence-corrected chi connectivity index (χ3v) is 6.81. The largest absolute Gasteiger partial charge is 0.508 e. The molecule has 3 atom stereocenters. The van der Waals surface area contributed by atoms with E-state index in [1.807, 2.05) is 36.4 Å². The first kappa shape index (κ1) is 25.5. The smallest absolute Gasteiger partial charge is 0.311 e. The summed E-state index contributed by atoms with van der Waals surface area (Å²) in [5, 5.41) is 12.8. The number of aromatic hydroxyl groups is 1. The highest BCUT2D eigenvalue weighted by Crippen LogP contribution is 2.32. The molecule has 0 aromatic heterocycles. The van der Waals surface area contributed by atoms with E-state index in [9.17, 15) is 14.7 Å². The first-order valence-corrected chi connectivity index (χ1v) is 12.6. The molecule has 1 aliphatic rings. The minimum absolute atomic E-state index is 0.0605. The average molecular weight is 487 g/mol. The molecular formula is C30H34N2O4. The van der Waals surface area contributed by atoms with E-state index < -0.39 is 12.0 Å². The Bertz CT molecular complexity index is 1080. The van der Waals surface area contributed by atoms with Gasteiger partial charge < -0.3 is 15.2 Å². The number of phenolic OH excluding ortho intramolecular Hbond substituents is 1. The van der Waals surface area contributed by atoms with E-state index in [0.29, 0.717) is 31.7 Å². The van der Waals surface area contributed by atoms with E-state index in [0.717, 1.165) is 12.8 Å². The highest BCUT2D eigenvalue weighted by molar-refractivity contribution is 5.95. The van der Waals surface area contributed by atoms with Gasteiger partial charge in [-0.25, -0.2) is 0 Å². The molecule has 188 valence electrons. The van der Waals surface area contributed by atoms with Crippen molar-refractivity contribution >= 4 is 11.9 Å². The zero-order valence-electron chi connectivity index (χ0n) is 20.7. The number of hydrogen-bond donors (Lipinski definition) is 2. The fraction of sp³-hybridized carbons (Fsp3) is 0.333. The summed E-state index contributed by atoms with van der Waals surface area (Å²) >= 11 is 0. The number of nitrogens with one attached hydrogen (secondary N) is 1. The second-order valence-corrected chi connectivity index (χ2v) is 9.28. The fourth-order valence-electron chi connectivity index (χ4n) is 5.07. The molecule has 36 heavy (non-hydrogen) atoms. The van der Waals surface area contributed by atoms with Crippen molar-refractivity contribution in [2.75, 3.05) is 6.61 Å². The van der Waals surface area contributed by atoms with Crippen LogP contribution in [0, 0.1) is 5.92 Å². The van der Waals surface area contributed by atoms with Gasteiger partial charge in [0.1, 0.15) is 5.75 Å². The van der Waals surface area contributed by atoms with E-state index in [1.54, 1.807) is 19.1 Å². The lowest BCUT2D eigenvalue weighted by Crippen LogP contribution is -2.58. The van der Waals surface area contributed by atoms with E-state index in [4.69, 9.17) is 4.74 Å². The number of benzene rings is 3. The highest BCUT2D eigenvalue weighted by Gasteiger charge is 2.42. The van der Waals surface area contributed by atoms with Gasteiger partial charge in [0, 0.05) is 24.7 Å². The normalized spacial score (nSPS) is 19.6. The molecule has 1 aliphatic carbocycles. The predicted octanol–water partition coefficient (Wildman–Crippen LogP) is 4.92. The summed E-state index contributed by atoms with van der Waals surface area (Å²) in [6.45, 7) is 3.50. The van der Waals surface area contributed by atoms with Gasteiger partial charge >= 0.3 is 5.97 Å². The van der Waals surface area contributed by atoms with Crippen LogP contribution in [0.5, 0.6) is 5.75 Å². The minimum atomic E-state index is -0.432. The molecule has 0 saturated heterocycles. The van der Waals surface area contributed by atoms with Gasteiger partial charge in [-0.1, -0.05) is 67.1 Å². The summed E-state index contributed by atoms with van der Waals surface area (Å²) < 4.78 is 5.44. The van der Waals surface area contributed by atoms with Crippen LogP contribution in [0.1, 0.15) is 47.7 Å². The summed E-state index contributed by atoms with van der Waals surface area (Å²) in [5.41, 5.74) is 2.79. The number of phenols is 1. The molecule has 4 rings (SSSR count). The van der Waals surface area contributed by atoms with Gasteiger partial charge in [0.2, 0.25) is 0 Å². The van der Waals surface area contributed by atoms with Gasteiger partial charge in [-0.15, -0.1) is 0 Å². The molecule has 1 fully saturated rings. The molecule has 0 heterocycles. The Morgan fingerprint density at radius 1 is 0.889 bits per heavy atom. The number of amides is 1. The second-order valence-electron chi connectivity index (χ2n) is 9.28. The molecule has 2 N–H and O–H groups in total. The Morgan fingerprint density at radius 3 is 2.03 bits per heavy atom. The number of carbonyl (C=O) groups is 2. The van der Waals surface area contributed by atoms with Crippen LogP contribution in [0.25, 0.3) is 0 Å². The SMILES string of the molecule is CCOC(=O)C1CCCC(N(Cc2ccccc2)Cc2ccccc2)C1NC(=O)c1ccc(O)cc1. The summed E-state index contributed by atoms with van der Waals surface area (Å²) in [6.07, 6.45) is 2.40. The number of esters is 1. The van der Waals surface area contributed by atoms with Crippen molar-refractivity contribution in [1.29, 1.82) is 0 Å². The maximum Gasteiger partial charge on any atom is 0.311 e. The van der Waals surface area contributed by atoms with Crippen molar-refractivity contribution in [3.05, 3.63) is 102 Å². The van der Waals surface area contributed by atoms with Crippen LogP contribution < -0.4 is 5.32 Å². The van der Waals surface area contributed by atoms with Crippen molar-refractivity contribution < 1.29 is 19.4 Å². The third-order valence-electron chi connectivity index (χ3n) is 6.81. The van der Waals surface area contributed by atoms with Gasteiger partial charge in [0.05, 0.1) is 18.6 Å². The van der Waals surface area contributed by atoms with Gasteiger partial charge in [-0.2, -0.15) is 0 Å². The van der Waals surface area contributed by atoms with Crippen molar-refractivity contribution in [3.8, 4) is 5.75 Å². The zero-order chi connectivity index (χ0) is 25.3.